The first-order valence-corrected chi connectivity index (χ1v) is 5.07. The van der Waals surface area contributed by atoms with E-state index in [4.69, 9.17) is 0 Å². The van der Waals surface area contributed by atoms with E-state index >= 15 is 0 Å². The van der Waals surface area contributed by atoms with Crippen molar-refractivity contribution in [3.8, 4) is 0 Å². The largest absolute Gasteiger partial charge is 0.550 e. The molecule has 0 aromatic heterocycles. The Kier molecular flexibility index (Phi) is 4.16. The van der Waals surface area contributed by atoms with Gasteiger partial charge in [0.05, 0.1) is 0 Å². The summed E-state index contributed by atoms with van der Waals surface area (Å²) in [6, 6.07) is 8.16. The van der Waals surface area contributed by atoms with Crippen LogP contribution in [0.4, 0.5) is 5.69 Å². The summed E-state index contributed by atoms with van der Waals surface area (Å²) in [5.41, 5.74) is 2.33. The van der Waals surface area contributed by atoms with E-state index in [1.54, 1.807) is 0 Å². The molecule has 0 fully saturated rings. The van der Waals surface area contributed by atoms with Gasteiger partial charge in [-0.15, -0.1) is 0 Å². The second-order valence-electron chi connectivity index (χ2n) is 3.73. The van der Waals surface area contributed by atoms with Crippen LogP contribution in [-0.4, -0.2) is 19.6 Å². The topological polar surface area (TPSA) is 43.4 Å². The van der Waals surface area contributed by atoms with Crippen LogP contribution in [0, 0.1) is 6.92 Å². The summed E-state index contributed by atoms with van der Waals surface area (Å²) >= 11 is 0. The average molecular weight is 206 g/mol. The fourth-order valence-corrected chi connectivity index (χ4v) is 1.39. The van der Waals surface area contributed by atoms with Crippen molar-refractivity contribution in [2.75, 3.05) is 18.5 Å². The van der Waals surface area contributed by atoms with Crippen LogP contribution in [0.15, 0.2) is 24.3 Å². The first kappa shape index (κ1) is 11.6. The summed E-state index contributed by atoms with van der Waals surface area (Å²) in [6.07, 6.45) is 0.739. The van der Waals surface area contributed by atoms with Crippen molar-refractivity contribution in [1.82, 2.24) is 0 Å². The molecule has 0 radical (unpaired) electrons. The summed E-state index contributed by atoms with van der Waals surface area (Å²) in [7, 11) is 1.96. The van der Waals surface area contributed by atoms with E-state index in [1.807, 2.05) is 43.1 Å². The predicted octanol–water partition coefficient (Wildman–Crippen LogP) is 0.961. The molecule has 1 aromatic carbocycles. The molecule has 1 aromatic rings. The summed E-state index contributed by atoms with van der Waals surface area (Å²) in [6.45, 7) is 2.77. The molecule has 15 heavy (non-hydrogen) atoms. The van der Waals surface area contributed by atoms with E-state index in [0.29, 0.717) is 6.42 Å². The molecular formula is C12H16NO2-. The summed E-state index contributed by atoms with van der Waals surface area (Å²) in [4.78, 5) is 12.3. The minimum absolute atomic E-state index is 0.121. The van der Waals surface area contributed by atoms with Crippen molar-refractivity contribution < 1.29 is 9.90 Å². The van der Waals surface area contributed by atoms with E-state index in [0.717, 1.165) is 12.2 Å². The minimum atomic E-state index is -0.979. The highest BCUT2D eigenvalue weighted by Gasteiger charge is 1.99. The summed E-state index contributed by atoms with van der Waals surface area (Å²) in [5, 5.41) is 10.2. The number of aliphatic carboxylic acids is 1. The molecule has 0 aliphatic carbocycles. The standard InChI is InChI=1S/C12H17NO2/c1-10-5-7-11(8-6-10)13(2)9-3-4-12(14)15/h5-8H,3-4,9H2,1-2H3,(H,14,15)/p-1. The van der Waals surface area contributed by atoms with Gasteiger partial charge in [-0.25, -0.2) is 0 Å². The first-order valence-electron chi connectivity index (χ1n) is 5.07. The number of anilines is 1. The van der Waals surface area contributed by atoms with Crippen LogP contribution in [-0.2, 0) is 4.79 Å². The van der Waals surface area contributed by atoms with Crippen LogP contribution in [0.2, 0.25) is 0 Å². The Morgan fingerprint density at radius 1 is 1.33 bits per heavy atom. The predicted molar refractivity (Wildman–Crippen MR) is 58.7 cm³/mol. The highest BCUT2D eigenvalue weighted by molar-refractivity contribution is 5.64. The quantitative estimate of drug-likeness (QED) is 0.720. The van der Waals surface area contributed by atoms with Crippen LogP contribution in [0.5, 0.6) is 0 Å². The highest BCUT2D eigenvalue weighted by atomic mass is 16.4. The first-order chi connectivity index (χ1) is 7.09. The zero-order valence-corrected chi connectivity index (χ0v) is 9.19. The lowest BCUT2D eigenvalue weighted by Crippen LogP contribution is -2.25. The molecule has 0 unspecified atom stereocenters. The lowest BCUT2D eigenvalue weighted by molar-refractivity contribution is -0.305. The van der Waals surface area contributed by atoms with E-state index in [-0.39, 0.29) is 6.42 Å². The Hall–Kier alpha value is -1.51. The van der Waals surface area contributed by atoms with Gasteiger partial charge in [-0.3, -0.25) is 0 Å². The maximum Gasteiger partial charge on any atom is 0.0415 e. The fourth-order valence-electron chi connectivity index (χ4n) is 1.39. The molecule has 1 rings (SSSR count). The average Bonchev–Trinajstić information content (AvgIpc) is 2.18. The van der Waals surface area contributed by atoms with Crippen LogP contribution in [0.25, 0.3) is 0 Å². The molecule has 0 aliphatic rings. The number of benzene rings is 1. The number of rotatable bonds is 5. The van der Waals surface area contributed by atoms with Crippen molar-refractivity contribution in [1.29, 1.82) is 0 Å². The maximum atomic E-state index is 10.2. The Morgan fingerprint density at radius 2 is 1.93 bits per heavy atom. The molecule has 3 heteroatoms. The van der Waals surface area contributed by atoms with Crippen molar-refractivity contribution >= 4 is 11.7 Å². The Morgan fingerprint density at radius 3 is 2.47 bits per heavy atom. The monoisotopic (exact) mass is 206 g/mol. The van der Waals surface area contributed by atoms with Gasteiger partial charge in [-0.05, 0) is 31.9 Å². The third-order valence-electron chi connectivity index (χ3n) is 2.35. The molecule has 0 atom stereocenters. The molecule has 0 spiro atoms. The SMILES string of the molecule is Cc1ccc(N(C)CCCC(=O)[O-])cc1. The number of aryl methyl sites for hydroxylation is 1. The number of nitrogens with zero attached hydrogens (tertiary/aromatic N) is 1. The molecule has 0 saturated heterocycles. The maximum absolute atomic E-state index is 10.2. The van der Waals surface area contributed by atoms with E-state index in [9.17, 15) is 9.90 Å². The van der Waals surface area contributed by atoms with Gasteiger partial charge in [-0.1, -0.05) is 17.7 Å². The van der Waals surface area contributed by atoms with Gasteiger partial charge in [0.2, 0.25) is 0 Å². The number of carbonyl (C=O) groups excluding carboxylic acids is 1. The van der Waals surface area contributed by atoms with Gasteiger partial charge in [0.1, 0.15) is 0 Å². The zero-order valence-electron chi connectivity index (χ0n) is 9.19. The van der Waals surface area contributed by atoms with Crippen molar-refractivity contribution in [2.24, 2.45) is 0 Å². The molecule has 0 N–H and O–H groups in total. The third kappa shape index (κ3) is 4.02. The van der Waals surface area contributed by atoms with Gasteiger partial charge < -0.3 is 14.8 Å². The van der Waals surface area contributed by atoms with Crippen LogP contribution < -0.4 is 10.0 Å². The van der Waals surface area contributed by atoms with E-state index in [1.165, 1.54) is 5.56 Å². The molecular weight excluding hydrogens is 190 g/mol. The fraction of sp³-hybridized carbons (Fsp3) is 0.417. The second-order valence-corrected chi connectivity index (χ2v) is 3.73. The van der Waals surface area contributed by atoms with Crippen molar-refractivity contribution in [2.45, 2.75) is 19.8 Å². The number of hydrogen-bond acceptors (Lipinski definition) is 3. The molecule has 0 aliphatic heterocycles. The Labute approximate surface area is 90.3 Å². The molecule has 82 valence electrons. The van der Waals surface area contributed by atoms with Crippen molar-refractivity contribution in [3.05, 3.63) is 29.8 Å². The minimum Gasteiger partial charge on any atom is -0.550 e. The number of hydrogen-bond donors (Lipinski definition) is 0. The Bertz CT molecular complexity index is 319. The number of carboxylic acid groups (broad SMARTS) is 1. The molecule has 0 heterocycles. The van der Waals surface area contributed by atoms with Gasteiger partial charge >= 0.3 is 0 Å². The van der Waals surface area contributed by atoms with E-state index in [2.05, 4.69) is 0 Å². The van der Waals surface area contributed by atoms with Crippen LogP contribution in [0.3, 0.4) is 0 Å². The Balaban J connectivity index is 2.43. The number of carbonyl (C=O) groups is 1. The van der Waals surface area contributed by atoms with Gasteiger partial charge in [0, 0.05) is 25.2 Å². The lowest BCUT2D eigenvalue weighted by Gasteiger charge is -2.19. The lowest BCUT2D eigenvalue weighted by atomic mass is 10.2. The highest BCUT2D eigenvalue weighted by Crippen LogP contribution is 2.13. The molecule has 0 saturated carbocycles. The van der Waals surface area contributed by atoms with Gasteiger partial charge in [0.25, 0.3) is 0 Å². The van der Waals surface area contributed by atoms with E-state index < -0.39 is 5.97 Å². The third-order valence-corrected chi connectivity index (χ3v) is 2.35. The second kappa shape index (κ2) is 5.39. The number of carboxylic acids is 1. The summed E-state index contributed by atoms with van der Waals surface area (Å²) < 4.78 is 0. The normalized spacial score (nSPS) is 10.0. The van der Waals surface area contributed by atoms with Gasteiger partial charge in [0.15, 0.2) is 0 Å². The smallest absolute Gasteiger partial charge is 0.0415 e. The molecule has 0 amide bonds. The molecule has 3 nitrogen and oxygen atoms in total. The zero-order chi connectivity index (χ0) is 11.3. The van der Waals surface area contributed by atoms with Crippen molar-refractivity contribution in [3.63, 3.8) is 0 Å². The van der Waals surface area contributed by atoms with Gasteiger partial charge in [-0.2, -0.15) is 0 Å². The van der Waals surface area contributed by atoms with Crippen LogP contribution >= 0.6 is 0 Å². The molecule has 0 bridgehead atoms. The van der Waals surface area contributed by atoms with Crippen LogP contribution in [0.1, 0.15) is 18.4 Å². The summed E-state index contributed by atoms with van der Waals surface area (Å²) in [5.74, 6) is -0.979.